The van der Waals surface area contributed by atoms with E-state index in [4.69, 9.17) is 16.4 Å². The molecule has 0 bridgehead atoms. The third-order valence-corrected chi connectivity index (χ3v) is 5.14. The Morgan fingerprint density at radius 3 is 2.23 bits per heavy atom. The molecular formula is C20H19ClN2O3. The van der Waals surface area contributed by atoms with Gasteiger partial charge in [0, 0.05) is 11.1 Å². The minimum atomic E-state index is -0.800. The molecule has 2 aliphatic heterocycles. The molecule has 2 aromatic carbocycles. The number of benzene rings is 2. The predicted molar refractivity (Wildman–Crippen MR) is 98.5 cm³/mol. The Morgan fingerprint density at radius 2 is 1.62 bits per heavy atom. The van der Waals surface area contributed by atoms with Crippen LogP contribution in [0.5, 0.6) is 0 Å². The fourth-order valence-electron chi connectivity index (χ4n) is 3.75. The number of amides is 2. The van der Waals surface area contributed by atoms with Crippen LogP contribution >= 0.6 is 11.6 Å². The number of likely N-dealkylation sites (tertiary alicyclic amines) is 1. The van der Waals surface area contributed by atoms with Crippen molar-refractivity contribution in [2.24, 2.45) is 5.92 Å². The first-order chi connectivity index (χ1) is 12.5. The molecule has 0 aromatic heterocycles. The van der Waals surface area contributed by atoms with Crippen molar-refractivity contribution in [3.05, 3.63) is 65.2 Å². The van der Waals surface area contributed by atoms with E-state index in [9.17, 15) is 9.59 Å². The Hall–Kier alpha value is -2.37. The number of rotatable bonds is 3. The van der Waals surface area contributed by atoms with Crippen LogP contribution in [0.25, 0.3) is 0 Å². The normalized spacial score (nSPS) is 25.3. The first-order valence-electron chi connectivity index (χ1n) is 8.62. The molecule has 0 radical (unpaired) electrons. The van der Waals surface area contributed by atoms with Crippen molar-refractivity contribution in [2.45, 2.75) is 32.0 Å². The maximum Gasteiger partial charge on any atom is 0.262 e. The van der Waals surface area contributed by atoms with E-state index in [-0.39, 0.29) is 23.9 Å². The number of imide groups is 1. The summed E-state index contributed by atoms with van der Waals surface area (Å²) in [5, 5.41) is 2.29. The highest BCUT2D eigenvalue weighted by atomic mass is 35.5. The Labute approximate surface area is 157 Å². The van der Waals surface area contributed by atoms with Crippen LogP contribution in [0.3, 0.4) is 0 Å². The average Bonchev–Trinajstić information content (AvgIpc) is 3.13. The number of hydrogen-bond donors (Lipinski definition) is 0. The topological polar surface area (TPSA) is 49.9 Å². The fourth-order valence-corrected chi connectivity index (χ4v) is 3.87. The lowest BCUT2D eigenvalue weighted by Gasteiger charge is -2.29. The molecule has 0 saturated carbocycles. The molecule has 2 amide bonds. The highest BCUT2D eigenvalue weighted by Crippen LogP contribution is 2.47. The quantitative estimate of drug-likeness (QED) is 0.775. The van der Waals surface area contributed by atoms with Gasteiger partial charge in [-0.15, -0.1) is 0 Å². The number of fused-ring (bicyclic) bond motifs is 1. The van der Waals surface area contributed by atoms with Crippen molar-refractivity contribution in [3.63, 3.8) is 0 Å². The Morgan fingerprint density at radius 1 is 0.962 bits per heavy atom. The van der Waals surface area contributed by atoms with Gasteiger partial charge in [-0.05, 0) is 43.7 Å². The molecule has 5 nitrogen and oxygen atoms in total. The standard InChI is InChI=1S/C20H19ClN2O3/c1-12(2)22-19(24)16-17(13-6-4-3-5-7-13)23(26-18(16)20(22)25)15-10-8-14(21)9-11-15/h3-12,16-18H,1-2H3/t16-,17+,18+/m0/s1. The van der Waals surface area contributed by atoms with E-state index in [1.807, 2.05) is 56.3 Å². The smallest absolute Gasteiger partial charge is 0.262 e. The van der Waals surface area contributed by atoms with E-state index >= 15 is 0 Å². The van der Waals surface area contributed by atoms with Crippen LogP contribution in [0.2, 0.25) is 5.02 Å². The molecule has 26 heavy (non-hydrogen) atoms. The molecule has 0 spiro atoms. The Bertz CT molecular complexity index is 838. The van der Waals surface area contributed by atoms with E-state index in [0.29, 0.717) is 5.02 Å². The number of nitrogens with zero attached hydrogens (tertiary/aromatic N) is 2. The van der Waals surface area contributed by atoms with Gasteiger partial charge in [-0.2, -0.15) is 0 Å². The second kappa shape index (κ2) is 6.41. The summed E-state index contributed by atoms with van der Waals surface area (Å²) in [6.07, 6.45) is -0.800. The zero-order chi connectivity index (χ0) is 18.4. The Kier molecular flexibility index (Phi) is 4.21. The summed E-state index contributed by atoms with van der Waals surface area (Å²) in [6.45, 7) is 3.68. The maximum absolute atomic E-state index is 13.0. The number of carbonyl (C=O) groups excluding carboxylic acids is 2. The second-order valence-corrected chi connectivity index (χ2v) is 7.29. The number of hydrogen-bond acceptors (Lipinski definition) is 4. The Balaban J connectivity index is 1.79. The summed E-state index contributed by atoms with van der Waals surface area (Å²) >= 11 is 5.99. The van der Waals surface area contributed by atoms with Gasteiger partial charge in [0.1, 0.15) is 5.92 Å². The van der Waals surface area contributed by atoms with Gasteiger partial charge >= 0.3 is 0 Å². The highest BCUT2D eigenvalue weighted by Gasteiger charge is 2.60. The van der Waals surface area contributed by atoms with Crippen LogP contribution in [-0.2, 0) is 14.4 Å². The van der Waals surface area contributed by atoms with Crippen LogP contribution in [-0.4, -0.2) is 28.9 Å². The minimum Gasteiger partial charge on any atom is -0.277 e. The number of hydroxylamine groups is 1. The summed E-state index contributed by atoms with van der Waals surface area (Å²) in [7, 11) is 0. The van der Waals surface area contributed by atoms with Gasteiger partial charge in [0.15, 0.2) is 6.10 Å². The highest BCUT2D eigenvalue weighted by molar-refractivity contribution is 6.30. The van der Waals surface area contributed by atoms with Crippen molar-refractivity contribution in [2.75, 3.05) is 5.06 Å². The first kappa shape index (κ1) is 17.1. The summed E-state index contributed by atoms with van der Waals surface area (Å²) in [6, 6.07) is 16.3. The van der Waals surface area contributed by atoms with Crippen LogP contribution < -0.4 is 5.06 Å². The largest absolute Gasteiger partial charge is 0.277 e. The molecule has 0 unspecified atom stereocenters. The third-order valence-electron chi connectivity index (χ3n) is 4.89. The minimum absolute atomic E-state index is 0.180. The van der Waals surface area contributed by atoms with Crippen LogP contribution in [0.1, 0.15) is 25.5 Å². The number of carbonyl (C=O) groups is 2. The SMILES string of the molecule is CC(C)N1C(=O)[C@H]2[C@@H](c3ccccc3)N(c3ccc(Cl)cc3)O[C@H]2C1=O. The molecule has 6 heteroatoms. The molecule has 2 saturated heterocycles. The summed E-state index contributed by atoms with van der Waals surface area (Å²) in [5.74, 6) is -1.02. The van der Waals surface area contributed by atoms with Gasteiger partial charge in [-0.3, -0.25) is 19.3 Å². The lowest BCUT2D eigenvalue weighted by atomic mass is 9.90. The lowest BCUT2D eigenvalue weighted by molar-refractivity contribution is -0.145. The molecule has 134 valence electrons. The van der Waals surface area contributed by atoms with Gasteiger partial charge in [0.25, 0.3) is 5.91 Å². The van der Waals surface area contributed by atoms with Crippen LogP contribution in [0.15, 0.2) is 54.6 Å². The van der Waals surface area contributed by atoms with E-state index in [0.717, 1.165) is 11.3 Å². The predicted octanol–water partition coefficient (Wildman–Crippen LogP) is 3.59. The van der Waals surface area contributed by atoms with Crippen molar-refractivity contribution >= 4 is 29.1 Å². The van der Waals surface area contributed by atoms with Gasteiger partial charge in [-0.1, -0.05) is 41.9 Å². The second-order valence-electron chi connectivity index (χ2n) is 6.85. The van der Waals surface area contributed by atoms with E-state index in [1.165, 1.54) is 4.90 Å². The fraction of sp³-hybridized carbons (Fsp3) is 0.300. The lowest BCUT2D eigenvalue weighted by Crippen LogP contribution is -2.41. The number of anilines is 1. The maximum atomic E-state index is 13.0. The van der Waals surface area contributed by atoms with Crippen LogP contribution in [0.4, 0.5) is 5.69 Å². The zero-order valence-corrected chi connectivity index (χ0v) is 15.3. The monoisotopic (exact) mass is 370 g/mol. The van der Waals surface area contributed by atoms with E-state index in [1.54, 1.807) is 17.2 Å². The van der Waals surface area contributed by atoms with Crippen molar-refractivity contribution in [3.8, 4) is 0 Å². The molecule has 2 heterocycles. The average molecular weight is 371 g/mol. The van der Waals surface area contributed by atoms with Gasteiger partial charge in [0.2, 0.25) is 5.91 Å². The van der Waals surface area contributed by atoms with Crippen molar-refractivity contribution < 1.29 is 14.4 Å². The molecule has 4 rings (SSSR count). The first-order valence-corrected chi connectivity index (χ1v) is 9.00. The molecule has 0 N–H and O–H groups in total. The summed E-state index contributed by atoms with van der Waals surface area (Å²) in [5.41, 5.74) is 1.69. The van der Waals surface area contributed by atoms with E-state index in [2.05, 4.69) is 0 Å². The third kappa shape index (κ3) is 2.59. The molecule has 2 aromatic rings. The van der Waals surface area contributed by atoms with Crippen LogP contribution in [0, 0.1) is 5.92 Å². The molecule has 2 fully saturated rings. The van der Waals surface area contributed by atoms with Crippen molar-refractivity contribution in [1.82, 2.24) is 4.90 Å². The zero-order valence-electron chi connectivity index (χ0n) is 14.5. The van der Waals surface area contributed by atoms with Crippen molar-refractivity contribution in [1.29, 1.82) is 0 Å². The molecule has 3 atom stereocenters. The molecule has 2 aliphatic rings. The van der Waals surface area contributed by atoms with Gasteiger partial charge < -0.3 is 0 Å². The van der Waals surface area contributed by atoms with E-state index < -0.39 is 12.0 Å². The number of halogens is 1. The summed E-state index contributed by atoms with van der Waals surface area (Å²) < 4.78 is 0. The summed E-state index contributed by atoms with van der Waals surface area (Å²) in [4.78, 5) is 33.2. The molecule has 0 aliphatic carbocycles. The van der Waals surface area contributed by atoms with Gasteiger partial charge in [0.05, 0.1) is 11.7 Å². The van der Waals surface area contributed by atoms with Gasteiger partial charge in [-0.25, -0.2) is 5.06 Å². The molecular weight excluding hydrogens is 352 g/mol.